The molecule has 6 heteroatoms. The van der Waals surface area contributed by atoms with Crippen LogP contribution in [0.15, 0.2) is 60.8 Å². The lowest BCUT2D eigenvalue weighted by Crippen LogP contribution is -2.28. The van der Waals surface area contributed by atoms with Gasteiger partial charge in [-0.05, 0) is 36.6 Å². The Balaban J connectivity index is 1.50. The SMILES string of the molecule is CN(Cc1ccccc1N1CCCC1)C(=O)c1cnn(-c2ccccc2)n1. The molecule has 3 aromatic rings. The lowest BCUT2D eigenvalue weighted by molar-refractivity contribution is 0.0779. The van der Waals surface area contributed by atoms with Gasteiger partial charge in [-0.2, -0.15) is 9.90 Å². The van der Waals surface area contributed by atoms with Gasteiger partial charge in [0, 0.05) is 32.4 Å². The molecule has 0 bridgehead atoms. The first-order chi connectivity index (χ1) is 13.2. The van der Waals surface area contributed by atoms with Crippen LogP contribution in [0.25, 0.3) is 5.69 Å². The summed E-state index contributed by atoms with van der Waals surface area (Å²) in [6, 6.07) is 17.9. The van der Waals surface area contributed by atoms with Crippen LogP contribution in [0.5, 0.6) is 0 Å². The summed E-state index contributed by atoms with van der Waals surface area (Å²) < 4.78 is 0. The van der Waals surface area contributed by atoms with E-state index in [2.05, 4.69) is 33.3 Å². The van der Waals surface area contributed by atoms with E-state index in [9.17, 15) is 4.79 Å². The topological polar surface area (TPSA) is 54.3 Å². The molecule has 0 aliphatic carbocycles. The van der Waals surface area contributed by atoms with Crippen molar-refractivity contribution in [2.24, 2.45) is 0 Å². The third-order valence-electron chi connectivity index (χ3n) is 4.89. The lowest BCUT2D eigenvalue weighted by Gasteiger charge is -2.24. The van der Waals surface area contributed by atoms with Gasteiger partial charge in [-0.15, -0.1) is 5.10 Å². The molecular weight excluding hydrogens is 338 g/mol. The van der Waals surface area contributed by atoms with Crippen molar-refractivity contribution in [3.8, 4) is 5.69 Å². The van der Waals surface area contributed by atoms with Gasteiger partial charge in [-0.3, -0.25) is 4.79 Å². The highest BCUT2D eigenvalue weighted by Gasteiger charge is 2.20. The number of nitrogens with zero attached hydrogens (tertiary/aromatic N) is 5. The largest absolute Gasteiger partial charge is 0.371 e. The number of carbonyl (C=O) groups excluding carboxylic acids is 1. The van der Waals surface area contributed by atoms with E-state index < -0.39 is 0 Å². The summed E-state index contributed by atoms with van der Waals surface area (Å²) in [4.78, 5) is 18.4. The molecule has 1 amide bonds. The van der Waals surface area contributed by atoms with E-state index in [1.165, 1.54) is 29.5 Å². The standard InChI is InChI=1S/C21H23N5O/c1-24(16-17-9-5-6-12-20(17)25-13-7-8-14-25)21(27)19-15-22-26(23-19)18-10-3-2-4-11-18/h2-6,9-12,15H,7-8,13-14,16H2,1H3. The third kappa shape index (κ3) is 3.69. The minimum atomic E-state index is -0.131. The molecule has 0 radical (unpaired) electrons. The molecule has 4 rings (SSSR count). The molecule has 0 atom stereocenters. The predicted molar refractivity (Wildman–Crippen MR) is 105 cm³/mol. The molecule has 0 saturated carbocycles. The monoisotopic (exact) mass is 361 g/mol. The Morgan fingerprint density at radius 2 is 1.74 bits per heavy atom. The van der Waals surface area contributed by atoms with Gasteiger partial charge in [0.2, 0.25) is 0 Å². The van der Waals surface area contributed by atoms with E-state index in [1.54, 1.807) is 4.90 Å². The highest BCUT2D eigenvalue weighted by atomic mass is 16.2. The fourth-order valence-electron chi connectivity index (χ4n) is 3.48. The summed E-state index contributed by atoms with van der Waals surface area (Å²) >= 11 is 0. The zero-order chi connectivity index (χ0) is 18.6. The van der Waals surface area contributed by atoms with Crippen LogP contribution >= 0.6 is 0 Å². The summed E-state index contributed by atoms with van der Waals surface area (Å²) in [6.45, 7) is 2.71. The van der Waals surface area contributed by atoms with Crippen LogP contribution in [0, 0.1) is 0 Å². The normalized spacial score (nSPS) is 13.7. The van der Waals surface area contributed by atoms with Gasteiger partial charge >= 0.3 is 0 Å². The maximum absolute atomic E-state index is 12.8. The molecule has 2 aromatic carbocycles. The summed E-state index contributed by atoms with van der Waals surface area (Å²) in [5.74, 6) is -0.131. The zero-order valence-corrected chi connectivity index (χ0v) is 15.5. The van der Waals surface area contributed by atoms with Crippen molar-refractivity contribution in [2.45, 2.75) is 19.4 Å². The highest BCUT2D eigenvalue weighted by Crippen LogP contribution is 2.25. The van der Waals surface area contributed by atoms with Crippen LogP contribution in [-0.4, -0.2) is 45.9 Å². The summed E-state index contributed by atoms with van der Waals surface area (Å²) in [5.41, 5.74) is 3.56. The maximum Gasteiger partial charge on any atom is 0.276 e. The number of carbonyl (C=O) groups is 1. The summed E-state index contributed by atoms with van der Waals surface area (Å²) in [7, 11) is 1.81. The molecule has 1 fully saturated rings. The van der Waals surface area contributed by atoms with Gasteiger partial charge < -0.3 is 9.80 Å². The zero-order valence-electron chi connectivity index (χ0n) is 15.5. The van der Waals surface area contributed by atoms with E-state index in [4.69, 9.17) is 0 Å². The van der Waals surface area contributed by atoms with Crippen LogP contribution < -0.4 is 4.90 Å². The third-order valence-corrected chi connectivity index (χ3v) is 4.89. The molecule has 2 heterocycles. The molecule has 0 unspecified atom stereocenters. The van der Waals surface area contributed by atoms with Gasteiger partial charge in [-0.1, -0.05) is 36.4 Å². The number of aromatic nitrogens is 3. The molecule has 1 aromatic heterocycles. The van der Waals surface area contributed by atoms with Gasteiger partial charge in [0.1, 0.15) is 0 Å². The molecule has 1 saturated heterocycles. The van der Waals surface area contributed by atoms with E-state index in [1.807, 2.05) is 43.4 Å². The second kappa shape index (κ2) is 7.61. The van der Waals surface area contributed by atoms with E-state index in [0.717, 1.165) is 24.3 Å². The molecule has 138 valence electrons. The number of hydrogen-bond donors (Lipinski definition) is 0. The van der Waals surface area contributed by atoms with E-state index in [0.29, 0.717) is 12.2 Å². The molecular formula is C21H23N5O. The predicted octanol–water partition coefficient (Wildman–Crippen LogP) is 3.14. The van der Waals surface area contributed by atoms with Crippen molar-refractivity contribution in [2.75, 3.05) is 25.0 Å². The number of rotatable bonds is 5. The quantitative estimate of drug-likeness (QED) is 0.701. The summed E-state index contributed by atoms with van der Waals surface area (Å²) in [5, 5.41) is 8.57. The Labute approximate surface area is 159 Å². The van der Waals surface area contributed by atoms with Crippen molar-refractivity contribution in [3.05, 3.63) is 72.1 Å². The lowest BCUT2D eigenvalue weighted by atomic mass is 10.1. The molecule has 6 nitrogen and oxygen atoms in total. The second-order valence-electron chi connectivity index (χ2n) is 6.84. The Hall–Kier alpha value is -3.15. The Kier molecular flexibility index (Phi) is 4.87. The smallest absolute Gasteiger partial charge is 0.276 e. The van der Waals surface area contributed by atoms with Gasteiger partial charge in [0.05, 0.1) is 11.9 Å². The van der Waals surface area contributed by atoms with Gasteiger partial charge in [0.15, 0.2) is 5.69 Å². The number of anilines is 1. The first-order valence-corrected chi connectivity index (χ1v) is 9.28. The highest BCUT2D eigenvalue weighted by molar-refractivity contribution is 5.91. The van der Waals surface area contributed by atoms with Crippen LogP contribution in [0.2, 0.25) is 0 Å². The average molecular weight is 361 g/mol. The maximum atomic E-state index is 12.8. The average Bonchev–Trinajstić information content (AvgIpc) is 3.41. The van der Waals surface area contributed by atoms with Gasteiger partial charge in [-0.25, -0.2) is 0 Å². The van der Waals surface area contributed by atoms with Crippen LogP contribution in [0.3, 0.4) is 0 Å². The van der Waals surface area contributed by atoms with Crippen molar-refractivity contribution < 1.29 is 4.79 Å². The number of para-hydroxylation sites is 2. The fourth-order valence-corrected chi connectivity index (χ4v) is 3.48. The summed E-state index contributed by atoms with van der Waals surface area (Å²) in [6.07, 6.45) is 3.98. The second-order valence-corrected chi connectivity index (χ2v) is 6.84. The number of hydrogen-bond acceptors (Lipinski definition) is 4. The van der Waals surface area contributed by atoms with Crippen molar-refractivity contribution in [3.63, 3.8) is 0 Å². The number of benzene rings is 2. The van der Waals surface area contributed by atoms with E-state index >= 15 is 0 Å². The van der Waals surface area contributed by atoms with Crippen LogP contribution in [-0.2, 0) is 6.54 Å². The van der Waals surface area contributed by atoms with Gasteiger partial charge in [0.25, 0.3) is 5.91 Å². The molecule has 1 aliphatic rings. The first-order valence-electron chi connectivity index (χ1n) is 9.28. The Bertz CT molecular complexity index is 915. The molecule has 0 N–H and O–H groups in total. The first kappa shape index (κ1) is 17.3. The van der Waals surface area contributed by atoms with Crippen LogP contribution in [0.4, 0.5) is 5.69 Å². The Morgan fingerprint density at radius 3 is 2.52 bits per heavy atom. The van der Waals surface area contributed by atoms with Crippen LogP contribution in [0.1, 0.15) is 28.9 Å². The fraction of sp³-hybridized carbons (Fsp3) is 0.286. The van der Waals surface area contributed by atoms with Crippen molar-refractivity contribution in [1.82, 2.24) is 19.9 Å². The minimum absolute atomic E-state index is 0.131. The molecule has 1 aliphatic heterocycles. The molecule has 0 spiro atoms. The van der Waals surface area contributed by atoms with Crippen molar-refractivity contribution >= 4 is 11.6 Å². The Morgan fingerprint density at radius 1 is 1.04 bits per heavy atom. The van der Waals surface area contributed by atoms with E-state index in [-0.39, 0.29) is 5.91 Å². The molecule has 27 heavy (non-hydrogen) atoms. The minimum Gasteiger partial charge on any atom is -0.371 e. The number of amides is 1. The van der Waals surface area contributed by atoms with Crippen molar-refractivity contribution in [1.29, 1.82) is 0 Å².